The van der Waals surface area contributed by atoms with Gasteiger partial charge in [0.25, 0.3) is 0 Å². The molecular weight excluding hydrogens is 466 g/mol. The minimum atomic E-state index is -0.848. The van der Waals surface area contributed by atoms with Gasteiger partial charge in [0.05, 0.1) is 6.04 Å². The highest BCUT2D eigenvalue weighted by Crippen LogP contribution is 2.37. The van der Waals surface area contributed by atoms with Crippen LogP contribution in [-0.4, -0.2) is 26.0 Å². The maximum Gasteiger partial charge on any atom is 0.238 e. The van der Waals surface area contributed by atoms with Crippen LogP contribution in [0.5, 0.6) is 0 Å². The summed E-state index contributed by atoms with van der Waals surface area (Å²) >= 11 is 0. The van der Waals surface area contributed by atoms with E-state index in [1.165, 1.54) is 0 Å². The quantitative estimate of drug-likeness (QED) is 0.260. The Kier molecular flexibility index (Phi) is 8.33. The number of nitrogens with zero attached hydrogens (tertiary/aromatic N) is 1. The summed E-state index contributed by atoms with van der Waals surface area (Å²) in [6.45, 7) is 6.91. The first-order chi connectivity index (χ1) is 18.2. The van der Waals surface area contributed by atoms with E-state index in [0.29, 0.717) is 6.54 Å². The lowest BCUT2D eigenvalue weighted by molar-refractivity contribution is -0.127. The molecule has 4 heteroatoms. The summed E-state index contributed by atoms with van der Waals surface area (Å²) in [5.41, 5.74) is 4.16. The van der Waals surface area contributed by atoms with Crippen LogP contribution < -0.4 is 15.5 Å². The van der Waals surface area contributed by atoms with Gasteiger partial charge in [-0.3, -0.25) is 4.79 Å². The third-order valence-corrected chi connectivity index (χ3v) is 7.02. The molecule has 2 N–H and O–H groups in total. The summed E-state index contributed by atoms with van der Waals surface area (Å²) in [6.07, 6.45) is 0. The van der Waals surface area contributed by atoms with Crippen LogP contribution in [0.25, 0.3) is 0 Å². The first-order valence-electron chi connectivity index (χ1n) is 13.2. The number of benzene rings is 4. The molecule has 0 saturated carbocycles. The lowest BCUT2D eigenvalue weighted by Crippen LogP contribution is -2.57. The van der Waals surface area contributed by atoms with Crippen LogP contribution in [0.2, 0.25) is 0 Å². The third kappa shape index (κ3) is 5.98. The Morgan fingerprint density at radius 1 is 0.684 bits per heavy atom. The highest BCUT2D eigenvalue weighted by molar-refractivity contribution is 5.85. The molecule has 0 aliphatic heterocycles. The van der Waals surface area contributed by atoms with Gasteiger partial charge in [-0.25, -0.2) is 0 Å². The van der Waals surface area contributed by atoms with Gasteiger partial charge in [-0.2, -0.15) is 0 Å². The molecule has 1 unspecified atom stereocenters. The van der Waals surface area contributed by atoms with Gasteiger partial charge >= 0.3 is 0 Å². The van der Waals surface area contributed by atoms with E-state index >= 15 is 0 Å². The van der Waals surface area contributed by atoms with Crippen molar-refractivity contribution in [2.24, 2.45) is 5.41 Å². The topological polar surface area (TPSA) is 44.4 Å². The van der Waals surface area contributed by atoms with Crippen molar-refractivity contribution in [1.82, 2.24) is 10.6 Å². The molecule has 196 valence electrons. The fraction of sp³-hybridized carbons (Fsp3) is 0.265. The summed E-state index contributed by atoms with van der Waals surface area (Å²) in [4.78, 5) is 16.4. The average Bonchev–Trinajstić information content (AvgIpc) is 2.93. The molecule has 0 fully saturated rings. The Labute approximate surface area is 227 Å². The van der Waals surface area contributed by atoms with Crippen molar-refractivity contribution >= 4 is 11.6 Å². The van der Waals surface area contributed by atoms with Crippen LogP contribution in [0.3, 0.4) is 0 Å². The number of anilines is 1. The van der Waals surface area contributed by atoms with Crippen molar-refractivity contribution < 1.29 is 4.79 Å². The van der Waals surface area contributed by atoms with E-state index in [9.17, 15) is 4.79 Å². The number of amides is 1. The minimum absolute atomic E-state index is 0.0426. The maximum atomic E-state index is 14.3. The Morgan fingerprint density at radius 2 is 1.11 bits per heavy atom. The molecule has 0 heterocycles. The Bertz CT molecular complexity index is 1200. The molecule has 0 aliphatic rings. The van der Waals surface area contributed by atoms with Gasteiger partial charge in [0.15, 0.2) is 0 Å². The summed E-state index contributed by atoms with van der Waals surface area (Å²) in [5.74, 6) is -0.0426. The van der Waals surface area contributed by atoms with E-state index < -0.39 is 11.6 Å². The molecule has 0 radical (unpaired) electrons. The molecule has 0 saturated heterocycles. The van der Waals surface area contributed by atoms with E-state index in [-0.39, 0.29) is 11.3 Å². The van der Waals surface area contributed by atoms with Crippen LogP contribution in [-0.2, 0) is 16.9 Å². The molecule has 0 bridgehead atoms. The highest BCUT2D eigenvalue weighted by Gasteiger charge is 2.41. The highest BCUT2D eigenvalue weighted by atomic mass is 16.2. The van der Waals surface area contributed by atoms with Crippen molar-refractivity contribution in [3.8, 4) is 0 Å². The molecule has 4 aromatic carbocycles. The second-order valence-corrected chi connectivity index (χ2v) is 11.1. The van der Waals surface area contributed by atoms with Crippen LogP contribution in [0.1, 0.15) is 43.0 Å². The molecule has 4 rings (SSSR count). The van der Waals surface area contributed by atoms with Gasteiger partial charge in [-0.1, -0.05) is 124 Å². The van der Waals surface area contributed by atoms with Crippen LogP contribution in [0.15, 0.2) is 115 Å². The largest absolute Gasteiger partial charge is 0.378 e. The SMILES string of the molecule is CN(C)c1ccc(CNC(C(=O)NC(c2ccccc2)(c2ccccc2)c2ccccc2)C(C)(C)C)cc1. The van der Waals surface area contributed by atoms with E-state index in [2.05, 4.69) is 97.0 Å². The molecule has 4 nitrogen and oxygen atoms in total. The number of hydrogen-bond acceptors (Lipinski definition) is 3. The number of rotatable bonds is 9. The minimum Gasteiger partial charge on any atom is -0.378 e. The smallest absolute Gasteiger partial charge is 0.238 e. The summed E-state index contributed by atoms with van der Waals surface area (Å²) < 4.78 is 0. The number of nitrogens with one attached hydrogen (secondary N) is 2. The predicted molar refractivity (Wildman–Crippen MR) is 158 cm³/mol. The maximum absolute atomic E-state index is 14.3. The van der Waals surface area contributed by atoms with Crippen molar-refractivity contribution in [3.63, 3.8) is 0 Å². The standard InChI is InChI=1S/C34H39N3O/c1-33(2,3)31(35-25-26-21-23-30(24-22-26)37(4)5)32(38)36-34(27-15-9-6-10-16-27,28-17-11-7-12-18-28)29-19-13-8-14-20-29/h6-24,31,35H,25H2,1-5H3,(H,36,38). The molecule has 0 spiro atoms. The molecule has 0 aliphatic carbocycles. The molecule has 1 atom stereocenters. The summed E-state index contributed by atoms with van der Waals surface area (Å²) in [5, 5.41) is 7.11. The molecule has 1 amide bonds. The monoisotopic (exact) mass is 505 g/mol. The van der Waals surface area contributed by atoms with Crippen molar-refractivity contribution in [1.29, 1.82) is 0 Å². The van der Waals surface area contributed by atoms with Gasteiger partial charge in [-0.05, 0) is 39.8 Å². The first-order valence-corrected chi connectivity index (χ1v) is 13.2. The van der Waals surface area contributed by atoms with Gasteiger partial charge in [0.1, 0.15) is 5.54 Å². The fourth-order valence-corrected chi connectivity index (χ4v) is 4.96. The Balaban J connectivity index is 1.73. The predicted octanol–water partition coefficient (Wildman–Crippen LogP) is 6.37. The van der Waals surface area contributed by atoms with Crippen LogP contribution in [0.4, 0.5) is 5.69 Å². The van der Waals surface area contributed by atoms with Crippen LogP contribution >= 0.6 is 0 Å². The summed E-state index contributed by atoms with van der Waals surface area (Å²) in [6, 6.07) is 38.7. The molecule has 4 aromatic rings. The second kappa shape index (κ2) is 11.7. The Morgan fingerprint density at radius 3 is 1.47 bits per heavy atom. The van der Waals surface area contributed by atoms with Crippen molar-refractivity contribution in [3.05, 3.63) is 138 Å². The van der Waals surface area contributed by atoms with E-state index in [4.69, 9.17) is 0 Å². The lowest BCUT2D eigenvalue weighted by Gasteiger charge is -2.40. The number of carbonyl (C=O) groups is 1. The van der Waals surface area contributed by atoms with E-state index in [1.807, 2.05) is 68.7 Å². The third-order valence-electron chi connectivity index (χ3n) is 7.02. The van der Waals surface area contributed by atoms with E-state index in [0.717, 1.165) is 27.9 Å². The normalized spacial score (nSPS) is 12.6. The lowest BCUT2D eigenvalue weighted by atomic mass is 9.76. The van der Waals surface area contributed by atoms with Gasteiger partial charge in [-0.15, -0.1) is 0 Å². The average molecular weight is 506 g/mol. The van der Waals surface area contributed by atoms with E-state index in [1.54, 1.807) is 0 Å². The fourth-order valence-electron chi connectivity index (χ4n) is 4.96. The zero-order valence-corrected chi connectivity index (χ0v) is 23.1. The summed E-state index contributed by atoms with van der Waals surface area (Å²) in [7, 11) is 4.07. The second-order valence-electron chi connectivity index (χ2n) is 11.1. The van der Waals surface area contributed by atoms with Gasteiger partial charge in [0.2, 0.25) is 5.91 Å². The molecule has 0 aromatic heterocycles. The number of carbonyl (C=O) groups excluding carboxylic acids is 1. The molecule has 38 heavy (non-hydrogen) atoms. The van der Waals surface area contributed by atoms with Crippen molar-refractivity contribution in [2.45, 2.75) is 38.9 Å². The number of hydrogen-bond donors (Lipinski definition) is 2. The Hall–Kier alpha value is -3.89. The first kappa shape index (κ1) is 27.2. The van der Waals surface area contributed by atoms with Crippen molar-refractivity contribution in [2.75, 3.05) is 19.0 Å². The zero-order valence-electron chi connectivity index (χ0n) is 23.1. The van der Waals surface area contributed by atoms with Gasteiger partial charge in [0, 0.05) is 26.3 Å². The van der Waals surface area contributed by atoms with Gasteiger partial charge < -0.3 is 15.5 Å². The zero-order chi connectivity index (χ0) is 27.2. The van der Waals surface area contributed by atoms with Crippen LogP contribution in [0, 0.1) is 5.41 Å². The molecular formula is C34H39N3O.